The second-order valence-corrected chi connectivity index (χ2v) is 13.2. The molecule has 0 bridgehead atoms. The molecule has 0 fully saturated rings. The largest absolute Gasteiger partial charge is 0.455 e. The van der Waals surface area contributed by atoms with Gasteiger partial charge in [0.25, 0.3) is 5.91 Å². The molecule has 4 heterocycles. The summed E-state index contributed by atoms with van der Waals surface area (Å²) >= 11 is 0. The van der Waals surface area contributed by atoms with Gasteiger partial charge in [-0.2, -0.15) is 0 Å². The Balaban J connectivity index is 1.50. The Bertz CT molecular complexity index is 2270. The van der Waals surface area contributed by atoms with E-state index in [9.17, 15) is 22.0 Å². The second kappa shape index (κ2) is 9.75. The molecule has 1 atom stereocenters. The van der Waals surface area contributed by atoms with Crippen LogP contribution in [0.2, 0.25) is 0 Å². The molecule has 6 aromatic rings. The number of carbonyl (C=O) groups is 1. The molecule has 44 heavy (non-hydrogen) atoms. The summed E-state index contributed by atoms with van der Waals surface area (Å²) in [6.45, 7) is 2.72. The van der Waals surface area contributed by atoms with E-state index in [2.05, 4.69) is 11.5 Å². The fraction of sp³-hybridized carbons (Fsp3) is 0.152. The number of rotatable bonds is 5. The number of sulfonamides is 1. The van der Waals surface area contributed by atoms with Crippen LogP contribution < -0.4 is 10.0 Å². The number of aromatic nitrogens is 2. The number of nitrogens with two attached hydrogens (primary N) is 1. The quantitative estimate of drug-likeness (QED) is 0.234. The molecule has 0 saturated heterocycles. The summed E-state index contributed by atoms with van der Waals surface area (Å²) in [5.74, 6) is -1.33. The molecule has 3 aromatic carbocycles. The third-order valence-electron chi connectivity index (χ3n) is 8.36. The summed E-state index contributed by atoms with van der Waals surface area (Å²) in [6.07, 6.45) is 2.84. The van der Waals surface area contributed by atoms with Crippen LogP contribution in [0, 0.1) is 11.6 Å². The van der Waals surface area contributed by atoms with Crippen molar-refractivity contribution in [1.82, 2.24) is 9.55 Å². The van der Waals surface area contributed by atoms with Crippen molar-refractivity contribution < 1.29 is 26.4 Å². The average molecular weight is 613 g/mol. The van der Waals surface area contributed by atoms with E-state index in [0.717, 1.165) is 32.9 Å². The Hall–Kier alpha value is -5.03. The number of furan rings is 1. The van der Waals surface area contributed by atoms with Crippen molar-refractivity contribution in [2.75, 3.05) is 17.6 Å². The van der Waals surface area contributed by atoms with Gasteiger partial charge in [-0.1, -0.05) is 13.0 Å². The van der Waals surface area contributed by atoms with E-state index in [1.165, 1.54) is 43.4 Å². The molecule has 1 aliphatic heterocycles. The van der Waals surface area contributed by atoms with E-state index in [0.29, 0.717) is 34.1 Å². The molecule has 222 valence electrons. The van der Waals surface area contributed by atoms with Crippen LogP contribution in [0.4, 0.5) is 14.5 Å². The van der Waals surface area contributed by atoms with Crippen LogP contribution in [0.5, 0.6) is 0 Å². The highest BCUT2D eigenvalue weighted by Gasteiger charge is 2.29. The van der Waals surface area contributed by atoms with Crippen LogP contribution in [-0.2, 0) is 16.6 Å². The number of fused-ring (bicyclic) bond motifs is 6. The first-order valence-electron chi connectivity index (χ1n) is 13.8. The number of hydrogen-bond donors (Lipinski definition) is 1. The fourth-order valence-corrected chi connectivity index (χ4v) is 6.60. The summed E-state index contributed by atoms with van der Waals surface area (Å²) < 4.78 is 63.3. The standard InChI is InChI=1S/C33H26F2N4O4S/c1-17-16-39-27-6-4-5-25(35)21(27)13-29(39)20-12-26(37-15-24(17)20)22-11-23-30(14-28(22)38(2)44(3,41)42)43-32(31(23)33(36)40)18-7-9-19(34)10-8-18/h4-15,17H,16H2,1-3H3,(H2,36,40). The van der Waals surface area contributed by atoms with Crippen LogP contribution in [0.3, 0.4) is 0 Å². The first-order chi connectivity index (χ1) is 20.9. The maximum absolute atomic E-state index is 14.8. The second-order valence-electron chi connectivity index (χ2n) is 11.1. The Morgan fingerprint density at radius 2 is 1.80 bits per heavy atom. The maximum atomic E-state index is 14.8. The van der Waals surface area contributed by atoms with Gasteiger partial charge >= 0.3 is 0 Å². The zero-order chi connectivity index (χ0) is 31.1. The van der Waals surface area contributed by atoms with Gasteiger partial charge in [-0.05, 0) is 60.2 Å². The van der Waals surface area contributed by atoms with Gasteiger partial charge in [0, 0.05) is 64.9 Å². The van der Waals surface area contributed by atoms with E-state index in [1.807, 2.05) is 18.2 Å². The molecule has 0 saturated carbocycles. The van der Waals surface area contributed by atoms with Crippen molar-refractivity contribution in [3.8, 4) is 33.8 Å². The average Bonchev–Trinajstić information content (AvgIpc) is 3.55. The molecule has 1 unspecified atom stereocenters. The highest BCUT2D eigenvalue weighted by molar-refractivity contribution is 7.92. The predicted molar refractivity (Wildman–Crippen MR) is 166 cm³/mol. The minimum Gasteiger partial charge on any atom is -0.455 e. The van der Waals surface area contributed by atoms with Gasteiger partial charge < -0.3 is 14.7 Å². The smallest absolute Gasteiger partial charge is 0.253 e. The van der Waals surface area contributed by atoms with Crippen LogP contribution in [0.15, 0.2) is 77.3 Å². The van der Waals surface area contributed by atoms with E-state index >= 15 is 0 Å². The third-order valence-corrected chi connectivity index (χ3v) is 9.55. The van der Waals surface area contributed by atoms with Gasteiger partial charge in [0.05, 0.1) is 28.7 Å². The number of pyridine rings is 1. The lowest BCUT2D eigenvalue weighted by atomic mass is 9.91. The van der Waals surface area contributed by atoms with Crippen molar-refractivity contribution in [3.63, 3.8) is 0 Å². The number of amides is 1. The SMILES string of the molecule is CC1Cn2c(cc3c(F)cccc32)-c2cc(-c3cc4c(C(N)=O)c(-c5ccc(F)cc5)oc4cc3N(C)S(C)(=O)=O)ncc21. The molecule has 2 N–H and O–H groups in total. The minimum absolute atomic E-state index is 0.0728. The van der Waals surface area contributed by atoms with Gasteiger partial charge in [0.2, 0.25) is 10.0 Å². The normalized spacial score (nSPS) is 14.5. The van der Waals surface area contributed by atoms with Crippen LogP contribution >= 0.6 is 0 Å². The van der Waals surface area contributed by atoms with Crippen LogP contribution in [0.25, 0.3) is 55.7 Å². The Morgan fingerprint density at radius 1 is 1.05 bits per heavy atom. The van der Waals surface area contributed by atoms with Gasteiger partial charge in [-0.3, -0.25) is 14.1 Å². The van der Waals surface area contributed by atoms with Crippen molar-refractivity contribution in [3.05, 3.63) is 95.7 Å². The summed E-state index contributed by atoms with van der Waals surface area (Å²) in [5.41, 5.74) is 11.1. The molecule has 0 aliphatic carbocycles. The van der Waals surface area contributed by atoms with Gasteiger partial charge in [-0.15, -0.1) is 0 Å². The third kappa shape index (κ3) is 4.26. The molecular weight excluding hydrogens is 586 g/mol. The predicted octanol–water partition coefficient (Wildman–Crippen LogP) is 6.67. The summed E-state index contributed by atoms with van der Waals surface area (Å²) in [4.78, 5) is 17.5. The Morgan fingerprint density at radius 3 is 2.50 bits per heavy atom. The Labute approximate surface area is 251 Å². The molecule has 1 aliphatic rings. The number of anilines is 1. The molecular formula is C33H26F2N4O4S. The zero-order valence-corrected chi connectivity index (χ0v) is 24.7. The molecule has 0 radical (unpaired) electrons. The number of nitrogens with zero attached hydrogens (tertiary/aromatic N) is 3. The van der Waals surface area contributed by atoms with E-state index in [-0.39, 0.29) is 34.3 Å². The molecule has 1 amide bonds. The topological polar surface area (TPSA) is 111 Å². The van der Waals surface area contributed by atoms with Crippen molar-refractivity contribution in [2.45, 2.75) is 19.4 Å². The van der Waals surface area contributed by atoms with E-state index in [4.69, 9.17) is 15.1 Å². The number of halogens is 2. The summed E-state index contributed by atoms with van der Waals surface area (Å²) in [7, 11) is -2.33. The van der Waals surface area contributed by atoms with Crippen molar-refractivity contribution in [1.29, 1.82) is 0 Å². The van der Waals surface area contributed by atoms with E-state index < -0.39 is 21.7 Å². The lowest BCUT2D eigenvalue weighted by molar-refractivity contribution is 0.100. The fourth-order valence-electron chi connectivity index (χ4n) is 6.09. The lowest BCUT2D eigenvalue weighted by Crippen LogP contribution is -2.25. The monoisotopic (exact) mass is 612 g/mol. The summed E-state index contributed by atoms with van der Waals surface area (Å²) in [5, 5.41) is 0.860. The number of benzene rings is 3. The van der Waals surface area contributed by atoms with Gasteiger partial charge in [-0.25, -0.2) is 17.2 Å². The van der Waals surface area contributed by atoms with Crippen molar-refractivity contribution in [2.24, 2.45) is 5.73 Å². The molecule has 8 nitrogen and oxygen atoms in total. The van der Waals surface area contributed by atoms with Gasteiger partial charge in [0.15, 0.2) is 0 Å². The zero-order valence-electron chi connectivity index (χ0n) is 23.9. The van der Waals surface area contributed by atoms with Gasteiger partial charge in [0.1, 0.15) is 23.0 Å². The Kier molecular flexibility index (Phi) is 6.15. The number of carbonyl (C=O) groups excluding carboxylic acids is 1. The molecule has 7 rings (SSSR count). The minimum atomic E-state index is -3.74. The number of hydrogen-bond acceptors (Lipinski definition) is 5. The summed E-state index contributed by atoms with van der Waals surface area (Å²) in [6, 6.07) is 17.3. The van der Waals surface area contributed by atoms with Crippen molar-refractivity contribution >= 4 is 43.5 Å². The maximum Gasteiger partial charge on any atom is 0.253 e. The first-order valence-corrected chi connectivity index (χ1v) is 15.7. The van der Waals surface area contributed by atoms with E-state index in [1.54, 1.807) is 18.3 Å². The van der Waals surface area contributed by atoms with Crippen LogP contribution in [0.1, 0.15) is 28.8 Å². The molecule has 3 aromatic heterocycles. The molecule has 0 spiro atoms. The van der Waals surface area contributed by atoms with Crippen LogP contribution in [-0.4, -0.2) is 37.2 Å². The molecule has 11 heteroatoms. The number of primary amides is 1. The highest BCUT2D eigenvalue weighted by Crippen LogP contribution is 2.44. The highest BCUT2D eigenvalue weighted by atomic mass is 32.2. The lowest BCUT2D eigenvalue weighted by Gasteiger charge is -2.26. The first kappa shape index (κ1) is 27.8.